The van der Waals surface area contributed by atoms with E-state index in [9.17, 15) is 19.8 Å². The Morgan fingerprint density at radius 3 is 2.94 bits per heavy atom. The third kappa shape index (κ3) is 2.00. The SMILES string of the molecule is C/C=C/C(=O)OC[C@]12C[C@H]1[C@@H](O)[C@H](O)CC2=O. The van der Waals surface area contributed by atoms with Crippen molar-refractivity contribution in [1.29, 1.82) is 0 Å². The average Bonchev–Trinajstić information content (AvgIpc) is 3.01. The summed E-state index contributed by atoms with van der Waals surface area (Å²) < 4.78 is 4.98. The van der Waals surface area contributed by atoms with E-state index in [-0.39, 0.29) is 24.7 Å². The standard InChI is InChI=1S/C12H16O5/c1-2-3-10(15)17-6-12-5-7(12)11(16)8(13)4-9(12)14/h2-3,7-8,11,13,16H,4-6H2,1H3/b3-2+/t7-,8+,11+,12+/m0/s1. The molecule has 4 atom stereocenters. The molecule has 2 saturated carbocycles. The summed E-state index contributed by atoms with van der Waals surface area (Å²) in [6, 6.07) is 0. The van der Waals surface area contributed by atoms with E-state index < -0.39 is 23.6 Å². The Labute approximate surface area is 99.1 Å². The molecule has 0 radical (unpaired) electrons. The Kier molecular flexibility index (Phi) is 3.05. The van der Waals surface area contributed by atoms with E-state index in [0.717, 1.165) is 0 Å². The number of allylic oxidation sites excluding steroid dienone is 1. The summed E-state index contributed by atoms with van der Waals surface area (Å²) in [4.78, 5) is 23.0. The van der Waals surface area contributed by atoms with Gasteiger partial charge in [-0.25, -0.2) is 4.79 Å². The van der Waals surface area contributed by atoms with Crippen LogP contribution in [-0.4, -0.2) is 40.8 Å². The summed E-state index contributed by atoms with van der Waals surface area (Å²) in [5, 5.41) is 19.1. The van der Waals surface area contributed by atoms with Crippen LogP contribution < -0.4 is 0 Å². The van der Waals surface area contributed by atoms with Gasteiger partial charge in [-0.3, -0.25) is 4.79 Å². The van der Waals surface area contributed by atoms with Gasteiger partial charge in [0, 0.05) is 18.4 Å². The summed E-state index contributed by atoms with van der Waals surface area (Å²) >= 11 is 0. The fraction of sp³-hybridized carbons (Fsp3) is 0.667. The van der Waals surface area contributed by atoms with Crippen LogP contribution >= 0.6 is 0 Å². The number of hydrogen-bond donors (Lipinski definition) is 2. The molecule has 2 rings (SSSR count). The highest BCUT2D eigenvalue weighted by molar-refractivity contribution is 5.90. The maximum absolute atomic E-state index is 11.8. The second-order valence-corrected chi connectivity index (χ2v) is 4.76. The molecule has 2 fully saturated rings. The normalized spacial score (nSPS) is 40.2. The van der Waals surface area contributed by atoms with E-state index in [1.807, 2.05) is 0 Å². The molecule has 0 amide bonds. The average molecular weight is 240 g/mol. The van der Waals surface area contributed by atoms with Gasteiger partial charge >= 0.3 is 5.97 Å². The molecule has 2 aliphatic carbocycles. The van der Waals surface area contributed by atoms with E-state index >= 15 is 0 Å². The minimum Gasteiger partial charge on any atom is -0.461 e. The summed E-state index contributed by atoms with van der Waals surface area (Å²) in [5.41, 5.74) is -0.740. The molecule has 5 heteroatoms. The molecular weight excluding hydrogens is 224 g/mol. The fourth-order valence-electron chi connectivity index (χ4n) is 2.51. The van der Waals surface area contributed by atoms with Gasteiger partial charge in [0.25, 0.3) is 0 Å². The smallest absolute Gasteiger partial charge is 0.330 e. The van der Waals surface area contributed by atoms with Gasteiger partial charge in [0.05, 0.1) is 17.6 Å². The molecule has 5 nitrogen and oxygen atoms in total. The summed E-state index contributed by atoms with van der Waals surface area (Å²) in [6.45, 7) is 1.70. The Bertz CT molecular complexity index is 375. The molecule has 0 bridgehead atoms. The van der Waals surface area contributed by atoms with Gasteiger partial charge in [-0.05, 0) is 13.3 Å². The zero-order valence-corrected chi connectivity index (χ0v) is 9.63. The van der Waals surface area contributed by atoms with Crippen LogP contribution in [0, 0.1) is 11.3 Å². The number of esters is 1. The zero-order valence-electron chi connectivity index (χ0n) is 9.63. The van der Waals surface area contributed by atoms with Gasteiger partial charge in [0.1, 0.15) is 12.4 Å². The van der Waals surface area contributed by atoms with E-state index in [1.54, 1.807) is 13.0 Å². The first-order chi connectivity index (χ1) is 8.01. The molecule has 94 valence electrons. The van der Waals surface area contributed by atoms with Gasteiger partial charge in [0.2, 0.25) is 0 Å². The van der Waals surface area contributed by atoms with Crippen LogP contribution in [0.2, 0.25) is 0 Å². The van der Waals surface area contributed by atoms with Gasteiger partial charge < -0.3 is 14.9 Å². The highest BCUT2D eigenvalue weighted by Gasteiger charge is 2.67. The first kappa shape index (κ1) is 12.3. The van der Waals surface area contributed by atoms with E-state index in [4.69, 9.17) is 4.74 Å². The van der Waals surface area contributed by atoms with Crippen molar-refractivity contribution in [2.75, 3.05) is 6.61 Å². The van der Waals surface area contributed by atoms with Gasteiger partial charge in [-0.1, -0.05) is 6.08 Å². The lowest BCUT2D eigenvalue weighted by Gasteiger charge is -2.27. The number of ketones is 1. The lowest BCUT2D eigenvalue weighted by molar-refractivity contribution is -0.146. The first-order valence-electron chi connectivity index (χ1n) is 5.70. The Hall–Kier alpha value is -1.20. The van der Waals surface area contributed by atoms with Crippen LogP contribution in [0.1, 0.15) is 19.8 Å². The molecule has 0 heterocycles. The van der Waals surface area contributed by atoms with Gasteiger partial charge in [-0.2, -0.15) is 0 Å². The molecule has 2 N–H and O–H groups in total. The van der Waals surface area contributed by atoms with Crippen molar-refractivity contribution in [1.82, 2.24) is 0 Å². The minimum atomic E-state index is -0.977. The molecule has 0 spiro atoms. The number of aliphatic hydroxyl groups is 2. The van der Waals surface area contributed by atoms with Crippen molar-refractivity contribution in [3.05, 3.63) is 12.2 Å². The molecule has 0 aromatic heterocycles. The van der Waals surface area contributed by atoms with Crippen molar-refractivity contribution in [2.24, 2.45) is 11.3 Å². The van der Waals surface area contributed by atoms with Crippen LogP contribution in [0.5, 0.6) is 0 Å². The van der Waals surface area contributed by atoms with Crippen LogP contribution in [0.25, 0.3) is 0 Å². The van der Waals surface area contributed by atoms with Crippen molar-refractivity contribution < 1.29 is 24.5 Å². The quantitative estimate of drug-likeness (QED) is 0.527. The highest BCUT2D eigenvalue weighted by atomic mass is 16.5. The van der Waals surface area contributed by atoms with Crippen molar-refractivity contribution in [3.8, 4) is 0 Å². The number of aliphatic hydroxyl groups excluding tert-OH is 2. The number of rotatable bonds is 3. The second-order valence-electron chi connectivity index (χ2n) is 4.76. The van der Waals surface area contributed by atoms with E-state index in [2.05, 4.69) is 0 Å². The number of carbonyl (C=O) groups is 2. The monoisotopic (exact) mass is 240 g/mol. The number of carbonyl (C=O) groups excluding carboxylic acids is 2. The zero-order chi connectivity index (χ0) is 12.6. The summed E-state index contributed by atoms with van der Waals surface area (Å²) in [5.74, 6) is -0.869. The second kappa shape index (κ2) is 4.23. The van der Waals surface area contributed by atoms with Crippen LogP contribution in [0.3, 0.4) is 0 Å². The van der Waals surface area contributed by atoms with E-state index in [0.29, 0.717) is 6.42 Å². The lowest BCUT2D eigenvalue weighted by Crippen LogP contribution is -2.42. The first-order valence-corrected chi connectivity index (χ1v) is 5.70. The third-order valence-electron chi connectivity index (χ3n) is 3.66. The van der Waals surface area contributed by atoms with Crippen molar-refractivity contribution in [3.63, 3.8) is 0 Å². The molecule has 0 saturated heterocycles. The summed E-state index contributed by atoms with van der Waals surface area (Å²) in [6.07, 6.45) is 1.42. The lowest BCUT2D eigenvalue weighted by atomic mass is 9.84. The van der Waals surface area contributed by atoms with Crippen LogP contribution in [0.4, 0.5) is 0 Å². The van der Waals surface area contributed by atoms with Gasteiger partial charge in [-0.15, -0.1) is 0 Å². The predicted molar refractivity (Wildman–Crippen MR) is 58.0 cm³/mol. The Balaban J connectivity index is 1.98. The van der Waals surface area contributed by atoms with Crippen LogP contribution in [-0.2, 0) is 14.3 Å². The number of fused-ring (bicyclic) bond motifs is 1. The number of ether oxygens (including phenoxy) is 1. The highest BCUT2D eigenvalue weighted by Crippen LogP contribution is 2.59. The molecular formula is C12H16O5. The molecule has 0 aromatic carbocycles. The molecule has 0 aromatic rings. The maximum Gasteiger partial charge on any atom is 0.330 e. The largest absolute Gasteiger partial charge is 0.461 e. The number of Topliss-reactive ketones (excluding diaryl/α,β-unsaturated/α-hetero) is 1. The molecule has 2 aliphatic rings. The van der Waals surface area contributed by atoms with Gasteiger partial charge in [0.15, 0.2) is 0 Å². The minimum absolute atomic E-state index is 0.00343. The van der Waals surface area contributed by atoms with Crippen molar-refractivity contribution >= 4 is 11.8 Å². The Morgan fingerprint density at radius 1 is 1.59 bits per heavy atom. The molecule has 17 heavy (non-hydrogen) atoms. The van der Waals surface area contributed by atoms with Crippen LogP contribution in [0.15, 0.2) is 12.2 Å². The molecule has 0 unspecified atom stereocenters. The third-order valence-corrected chi connectivity index (χ3v) is 3.66. The topological polar surface area (TPSA) is 83.8 Å². The number of hydrogen-bond acceptors (Lipinski definition) is 5. The molecule has 0 aliphatic heterocycles. The van der Waals surface area contributed by atoms with Crippen molar-refractivity contribution in [2.45, 2.75) is 32.0 Å². The maximum atomic E-state index is 11.8. The predicted octanol–water partition coefficient (Wildman–Crippen LogP) is -0.193. The van der Waals surface area contributed by atoms with E-state index in [1.165, 1.54) is 6.08 Å². The fourth-order valence-corrected chi connectivity index (χ4v) is 2.51. The summed E-state index contributed by atoms with van der Waals surface area (Å²) in [7, 11) is 0. The Morgan fingerprint density at radius 2 is 2.29 bits per heavy atom.